The number of hydrogen-bond acceptors (Lipinski definition) is 6. The normalized spacial score (nSPS) is 17.2. The number of anilines is 2. The zero-order chi connectivity index (χ0) is 18.8. The number of amides is 1. The largest absolute Gasteiger partial charge is 0.348 e. The molecule has 3 aromatic rings. The van der Waals surface area contributed by atoms with Gasteiger partial charge in [0.1, 0.15) is 17.6 Å². The SMILES string of the molecule is C[C@H]1CCCN(c2nc3ncn(CC(=O)Nc4ccccc4)c(=O)c3s2)C1. The molecule has 4 rings (SSSR count). The molecule has 1 aliphatic rings. The second-order valence-corrected chi connectivity index (χ2v) is 7.91. The van der Waals surface area contributed by atoms with Crippen molar-refractivity contribution in [3.8, 4) is 0 Å². The van der Waals surface area contributed by atoms with Crippen LogP contribution in [0.3, 0.4) is 0 Å². The number of carbonyl (C=O) groups excluding carboxylic acids is 1. The molecule has 1 aromatic carbocycles. The number of fused-ring (bicyclic) bond motifs is 1. The van der Waals surface area contributed by atoms with Gasteiger partial charge in [-0.1, -0.05) is 36.5 Å². The Kier molecular flexibility index (Phi) is 4.89. The molecule has 0 spiro atoms. The second kappa shape index (κ2) is 7.48. The van der Waals surface area contributed by atoms with Crippen LogP contribution < -0.4 is 15.8 Å². The van der Waals surface area contributed by atoms with Crippen molar-refractivity contribution >= 4 is 38.4 Å². The number of piperidine rings is 1. The van der Waals surface area contributed by atoms with Crippen molar-refractivity contribution in [2.75, 3.05) is 23.3 Å². The summed E-state index contributed by atoms with van der Waals surface area (Å²) in [5.74, 6) is 0.358. The van der Waals surface area contributed by atoms with Crippen molar-refractivity contribution < 1.29 is 4.79 Å². The highest BCUT2D eigenvalue weighted by atomic mass is 32.1. The fourth-order valence-electron chi connectivity index (χ4n) is 3.32. The molecule has 0 bridgehead atoms. The highest BCUT2D eigenvalue weighted by Gasteiger charge is 2.21. The lowest BCUT2D eigenvalue weighted by Crippen LogP contribution is -2.34. The molecule has 3 heterocycles. The number of rotatable bonds is 4. The van der Waals surface area contributed by atoms with Crippen LogP contribution in [0.4, 0.5) is 10.8 Å². The molecule has 1 fully saturated rings. The van der Waals surface area contributed by atoms with Gasteiger partial charge in [0.15, 0.2) is 10.8 Å². The van der Waals surface area contributed by atoms with Gasteiger partial charge in [-0.25, -0.2) is 4.98 Å². The lowest BCUT2D eigenvalue weighted by Gasteiger charge is -2.30. The summed E-state index contributed by atoms with van der Waals surface area (Å²) >= 11 is 1.36. The van der Waals surface area contributed by atoms with E-state index in [2.05, 4.69) is 27.1 Å². The number of thiazole rings is 1. The maximum atomic E-state index is 12.8. The third-order valence-corrected chi connectivity index (χ3v) is 5.76. The quantitative estimate of drug-likeness (QED) is 0.749. The molecule has 7 nitrogen and oxygen atoms in total. The van der Waals surface area contributed by atoms with E-state index in [9.17, 15) is 9.59 Å². The van der Waals surface area contributed by atoms with E-state index in [0.717, 1.165) is 24.6 Å². The molecule has 0 unspecified atom stereocenters. The second-order valence-electron chi connectivity index (χ2n) is 6.93. The topological polar surface area (TPSA) is 80.1 Å². The van der Waals surface area contributed by atoms with Gasteiger partial charge in [0.2, 0.25) is 5.91 Å². The van der Waals surface area contributed by atoms with E-state index < -0.39 is 0 Å². The van der Waals surface area contributed by atoms with E-state index in [1.165, 1.54) is 28.7 Å². The molecule has 1 N–H and O–H groups in total. The van der Waals surface area contributed by atoms with Crippen LogP contribution in [0.5, 0.6) is 0 Å². The molecule has 2 aromatic heterocycles. The average Bonchev–Trinajstić information content (AvgIpc) is 3.10. The monoisotopic (exact) mass is 383 g/mol. The van der Waals surface area contributed by atoms with E-state index >= 15 is 0 Å². The van der Waals surface area contributed by atoms with Crippen LogP contribution in [0.2, 0.25) is 0 Å². The Morgan fingerprint density at radius 1 is 1.33 bits per heavy atom. The lowest BCUT2D eigenvalue weighted by molar-refractivity contribution is -0.116. The summed E-state index contributed by atoms with van der Waals surface area (Å²) < 4.78 is 1.83. The summed E-state index contributed by atoms with van der Waals surface area (Å²) in [5.41, 5.74) is 0.929. The number of aromatic nitrogens is 3. The number of nitrogens with zero attached hydrogens (tertiary/aromatic N) is 4. The third-order valence-electron chi connectivity index (χ3n) is 4.67. The Labute approximate surface area is 160 Å². The van der Waals surface area contributed by atoms with Crippen LogP contribution >= 0.6 is 11.3 Å². The van der Waals surface area contributed by atoms with Crippen molar-refractivity contribution in [1.82, 2.24) is 14.5 Å². The third kappa shape index (κ3) is 3.85. The maximum Gasteiger partial charge on any atom is 0.273 e. The number of carbonyl (C=O) groups is 1. The van der Waals surface area contributed by atoms with Crippen molar-refractivity contribution in [2.24, 2.45) is 5.92 Å². The van der Waals surface area contributed by atoms with Crippen LogP contribution in [0.1, 0.15) is 19.8 Å². The van der Waals surface area contributed by atoms with Crippen LogP contribution in [0.25, 0.3) is 10.3 Å². The summed E-state index contributed by atoms with van der Waals surface area (Å²) in [7, 11) is 0. The minimum absolute atomic E-state index is 0.0787. The zero-order valence-electron chi connectivity index (χ0n) is 15.1. The van der Waals surface area contributed by atoms with Gasteiger partial charge in [-0.05, 0) is 30.9 Å². The highest BCUT2D eigenvalue weighted by molar-refractivity contribution is 7.22. The first-order chi connectivity index (χ1) is 13.1. The average molecular weight is 383 g/mol. The summed E-state index contributed by atoms with van der Waals surface area (Å²) in [6.45, 7) is 4.06. The standard InChI is InChI=1S/C19H21N5O2S/c1-13-6-5-9-23(10-13)19-22-17-16(27-19)18(26)24(12-20-17)11-15(25)21-14-7-3-2-4-8-14/h2-4,7-8,12-13H,5-6,9-11H2,1H3,(H,21,25)/t13-/m0/s1. The molecule has 1 amide bonds. The van der Waals surface area contributed by atoms with Gasteiger partial charge in [-0.15, -0.1) is 0 Å². The summed E-state index contributed by atoms with van der Waals surface area (Å²) in [4.78, 5) is 36.1. The molecule has 27 heavy (non-hydrogen) atoms. The van der Waals surface area contributed by atoms with E-state index in [1.54, 1.807) is 12.1 Å². The fraction of sp³-hybridized carbons (Fsp3) is 0.368. The minimum Gasteiger partial charge on any atom is -0.348 e. The van der Waals surface area contributed by atoms with Crippen LogP contribution in [0.15, 0.2) is 41.5 Å². The van der Waals surface area contributed by atoms with E-state index in [4.69, 9.17) is 0 Å². The molecular weight excluding hydrogens is 362 g/mol. The van der Waals surface area contributed by atoms with Gasteiger partial charge in [-0.2, -0.15) is 4.98 Å². The number of para-hydroxylation sites is 1. The molecule has 0 radical (unpaired) electrons. The van der Waals surface area contributed by atoms with Crippen molar-refractivity contribution in [3.05, 3.63) is 47.0 Å². The van der Waals surface area contributed by atoms with Gasteiger partial charge >= 0.3 is 0 Å². The summed E-state index contributed by atoms with van der Waals surface area (Å²) in [5, 5.41) is 3.62. The van der Waals surface area contributed by atoms with Gasteiger partial charge in [0, 0.05) is 18.8 Å². The van der Waals surface area contributed by atoms with Gasteiger partial charge < -0.3 is 10.2 Å². The van der Waals surface area contributed by atoms with Gasteiger partial charge in [-0.3, -0.25) is 14.2 Å². The van der Waals surface area contributed by atoms with Crippen molar-refractivity contribution in [3.63, 3.8) is 0 Å². The van der Waals surface area contributed by atoms with E-state index in [0.29, 0.717) is 22.0 Å². The maximum absolute atomic E-state index is 12.8. The first-order valence-electron chi connectivity index (χ1n) is 9.06. The summed E-state index contributed by atoms with van der Waals surface area (Å²) in [6, 6.07) is 9.17. The molecule has 0 saturated carbocycles. The van der Waals surface area contributed by atoms with Crippen LogP contribution in [-0.4, -0.2) is 33.5 Å². The van der Waals surface area contributed by atoms with Crippen LogP contribution in [0, 0.1) is 5.92 Å². The van der Waals surface area contributed by atoms with Gasteiger partial charge in [0.25, 0.3) is 5.56 Å². The molecule has 140 valence electrons. The van der Waals surface area contributed by atoms with Gasteiger partial charge in [0.05, 0.1) is 0 Å². The lowest BCUT2D eigenvalue weighted by atomic mass is 10.0. The number of nitrogens with one attached hydrogen (secondary N) is 1. The predicted molar refractivity (Wildman–Crippen MR) is 107 cm³/mol. The smallest absolute Gasteiger partial charge is 0.273 e. The molecule has 8 heteroatoms. The summed E-state index contributed by atoms with van der Waals surface area (Å²) in [6.07, 6.45) is 3.76. The molecule has 0 aliphatic carbocycles. The Hall–Kier alpha value is -2.74. The number of benzene rings is 1. The minimum atomic E-state index is -0.265. The Morgan fingerprint density at radius 2 is 2.15 bits per heavy atom. The number of hydrogen-bond donors (Lipinski definition) is 1. The molecular formula is C19H21N5O2S. The van der Waals surface area contributed by atoms with E-state index in [1.807, 2.05) is 18.2 Å². The first kappa shape index (κ1) is 17.7. The van der Waals surface area contributed by atoms with E-state index in [-0.39, 0.29) is 18.0 Å². The van der Waals surface area contributed by atoms with Crippen molar-refractivity contribution in [2.45, 2.75) is 26.3 Å². The fourth-order valence-corrected chi connectivity index (χ4v) is 4.33. The molecule has 1 atom stereocenters. The Morgan fingerprint density at radius 3 is 2.93 bits per heavy atom. The van der Waals surface area contributed by atoms with Crippen molar-refractivity contribution in [1.29, 1.82) is 0 Å². The molecule has 1 aliphatic heterocycles. The first-order valence-corrected chi connectivity index (χ1v) is 9.87. The molecule has 1 saturated heterocycles. The predicted octanol–water partition coefficient (Wildman–Crippen LogP) is 2.73. The van der Waals surface area contributed by atoms with Crippen LogP contribution in [-0.2, 0) is 11.3 Å². The Balaban J connectivity index is 1.55. The zero-order valence-corrected chi connectivity index (χ0v) is 15.9. The Bertz CT molecular complexity index is 1010. The highest BCUT2D eigenvalue weighted by Crippen LogP contribution is 2.29.